The Morgan fingerprint density at radius 3 is 2.05 bits per heavy atom. The molecule has 3 N–H and O–H groups in total. The molecule has 0 saturated heterocycles. The van der Waals surface area contributed by atoms with Crippen LogP contribution in [-0.2, 0) is 20.0 Å². The number of sulfonamides is 2. The van der Waals surface area contributed by atoms with E-state index in [2.05, 4.69) is 4.72 Å². The Hall–Kier alpha value is -1.90. The molecule has 6 nitrogen and oxygen atoms in total. The second-order valence-electron chi connectivity index (χ2n) is 4.94. The molecule has 0 spiro atoms. The summed E-state index contributed by atoms with van der Waals surface area (Å²) < 4.78 is 49.6. The lowest BCUT2D eigenvalue weighted by Crippen LogP contribution is -2.15. The smallest absolute Gasteiger partial charge is 0.262 e. The van der Waals surface area contributed by atoms with Crippen LogP contribution in [0.2, 0.25) is 0 Å². The van der Waals surface area contributed by atoms with Gasteiger partial charge in [-0.25, -0.2) is 22.0 Å². The molecule has 0 amide bonds. The van der Waals surface area contributed by atoms with Gasteiger partial charge in [0.2, 0.25) is 10.0 Å². The van der Waals surface area contributed by atoms with Crippen molar-refractivity contribution < 1.29 is 16.8 Å². The van der Waals surface area contributed by atoms with Crippen molar-refractivity contribution in [3.63, 3.8) is 0 Å². The van der Waals surface area contributed by atoms with Gasteiger partial charge in [0.25, 0.3) is 10.0 Å². The molecule has 0 aliphatic carbocycles. The molecular formula is C14H16N2O4S2. The zero-order valence-electron chi connectivity index (χ0n) is 12.1. The summed E-state index contributed by atoms with van der Waals surface area (Å²) in [5.41, 5.74) is 1.71. The maximum absolute atomic E-state index is 12.4. The molecule has 2 aromatic carbocycles. The first-order chi connectivity index (χ1) is 10.1. The summed E-state index contributed by atoms with van der Waals surface area (Å²) in [4.78, 5) is 0.102. The van der Waals surface area contributed by atoms with E-state index in [1.54, 1.807) is 26.0 Å². The van der Waals surface area contributed by atoms with Crippen LogP contribution in [0.1, 0.15) is 11.1 Å². The molecule has 0 aliphatic rings. The monoisotopic (exact) mass is 340 g/mol. The van der Waals surface area contributed by atoms with E-state index < -0.39 is 20.0 Å². The van der Waals surface area contributed by atoms with Crippen LogP contribution in [0.25, 0.3) is 0 Å². The van der Waals surface area contributed by atoms with Crippen LogP contribution < -0.4 is 9.86 Å². The van der Waals surface area contributed by atoms with Gasteiger partial charge in [-0.1, -0.05) is 12.1 Å². The van der Waals surface area contributed by atoms with Crippen molar-refractivity contribution in [2.75, 3.05) is 4.72 Å². The average molecular weight is 340 g/mol. The predicted molar refractivity (Wildman–Crippen MR) is 84.5 cm³/mol. The molecule has 0 bridgehead atoms. The Kier molecular flexibility index (Phi) is 4.28. The number of nitrogens with one attached hydrogen (secondary N) is 1. The largest absolute Gasteiger partial charge is 0.280 e. The van der Waals surface area contributed by atoms with Gasteiger partial charge < -0.3 is 0 Å². The molecule has 2 aromatic rings. The van der Waals surface area contributed by atoms with E-state index in [9.17, 15) is 16.8 Å². The summed E-state index contributed by atoms with van der Waals surface area (Å²) >= 11 is 0. The van der Waals surface area contributed by atoms with Crippen LogP contribution in [-0.4, -0.2) is 16.8 Å². The van der Waals surface area contributed by atoms with Crippen molar-refractivity contribution in [3.05, 3.63) is 53.6 Å². The van der Waals surface area contributed by atoms with Crippen molar-refractivity contribution in [3.8, 4) is 0 Å². The lowest BCUT2D eigenvalue weighted by atomic mass is 10.2. The van der Waals surface area contributed by atoms with Gasteiger partial charge in [-0.2, -0.15) is 0 Å². The molecule has 22 heavy (non-hydrogen) atoms. The fraction of sp³-hybridized carbons (Fsp3) is 0.143. The zero-order chi connectivity index (χ0) is 16.5. The maximum atomic E-state index is 12.4. The standard InChI is InChI=1S/C14H16N2O4S2/c1-10-3-4-11(2)14(9-10)22(19,20)16-12-5-7-13(8-6-12)21(15,17)18/h3-9,16H,1-2H3,(H2,15,17,18). The molecule has 2 rings (SSSR count). The van der Waals surface area contributed by atoms with Gasteiger partial charge in [-0.3, -0.25) is 4.72 Å². The van der Waals surface area contributed by atoms with Gasteiger partial charge in [-0.05, 0) is 55.3 Å². The molecule has 0 aliphatic heterocycles. The number of hydrogen-bond donors (Lipinski definition) is 2. The SMILES string of the molecule is Cc1ccc(C)c(S(=O)(=O)Nc2ccc(S(N)(=O)=O)cc2)c1. The minimum Gasteiger partial charge on any atom is -0.280 e. The van der Waals surface area contributed by atoms with Crippen molar-refractivity contribution in [2.24, 2.45) is 5.14 Å². The second-order valence-corrected chi connectivity index (χ2v) is 8.16. The van der Waals surface area contributed by atoms with Crippen LogP contribution in [0, 0.1) is 13.8 Å². The van der Waals surface area contributed by atoms with E-state index in [1.165, 1.54) is 24.3 Å². The van der Waals surface area contributed by atoms with Crippen LogP contribution >= 0.6 is 0 Å². The van der Waals surface area contributed by atoms with E-state index in [4.69, 9.17) is 5.14 Å². The van der Waals surface area contributed by atoms with Gasteiger partial charge in [0, 0.05) is 5.69 Å². The molecule has 0 fully saturated rings. The minimum atomic E-state index is -3.81. The highest BCUT2D eigenvalue weighted by Crippen LogP contribution is 2.21. The summed E-state index contributed by atoms with van der Waals surface area (Å²) in [6, 6.07) is 10.3. The van der Waals surface area contributed by atoms with E-state index in [1.807, 2.05) is 6.07 Å². The van der Waals surface area contributed by atoms with Crippen molar-refractivity contribution in [1.29, 1.82) is 0 Å². The Balaban J connectivity index is 2.35. The van der Waals surface area contributed by atoms with Crippen molar-refractivity contribution >= 4 is 25.7 Å². The summed E-state index contributed by atoms with van der Waals surface area (Å²) in [6.07, 6.45) is 0. The van der Waals surface area contributed by atoms with Crippen molar-refractivity contribution in [1.82, 2.24) is 0 Å². The summed E-state index contributed by atoms with van der Waals surface area (Å²) in [6.45, 7) is 3.51. The second kappa shape index (κ2) is 5.71. The van der Waals surface area contributed by atoms with Gasteiger partial charge in [-0.15, -0.1) is 0 Å². The minimum absolute atomic E-state index is 0.0813. The number of aryl methyl sites for hydroxylation is 2. The fourth-order valence-corrected chi connectivity index (χ4v) is 3.82. The van der Waals surface area contributed by atoms with E-state index in [0.29, 0.717) is 5.56 Å². The maximum Gasteiger partial charge on any atom is 0.262 e. The number of benzene rings is 2. The number of anilines is 1. The van der Waals surface area contributed by atoms with Crippen LogP contribution in [0.5, 0.6) is 0 Å². The van der Waals surface area contributed by atoms with Gasteiger partial charge in [0.05, 0.1) is 9.79 Å². The molecule has 0 saturated carbocycles. The third-order valence-electron chi connectivity index (χ3n) is 3.07. The Labute approximate surface area is 130 Å². The topological polar surface area (TPSA) is 106 Å². The molecule has 0 atom stereocenters. The van der Waals surface area contributed by atoms with E-state index in [0.717, 1.165) is 5.56 Å². The van der Waals surface area contributed by atoms with Crippen LogP contribution in [0.4, 0.5) is 5.69 Å². The molecule has 0 heterocycles. The number of rotatable bonds is 4. The highest BCUT2D eigenvalue weighted by atomic mass is 32.2. The van der Waals surface area contributed by atoms with Gasteiger partial charge in [0.15, 0.2) is 0 Å². The van der Waals surface area contributed by atoms with Crippen LogP contribution in [0.15, 0.2) is 52.3 Å². The zero-order valence-corrected chi connectivity index (χ0v) is 13.7. The number of primary sulfonamides is 1. The Morgan fingerprint density at radius 1 is 0.909 bits per heavy atom. The number of hydrogen-bond acceptors (Lipinski definition) is 4. The van der Waals surface area contributed by atoms with E-state index >= 15 is 0 Å². The third-order valence-corrected chi connectivity index (χ3v) is 5.52. The fourth-order valence-electron chi connectivity index (χ4n) is 1.92. The molecule has 0 aromatic heterocycles. The normalized spacial score (nSPS) is 12.1. The predicted octanol–water partition coefficient (Wildman–Crippen LogP) is 1.75. The summed E-state index contributed by atoms with van der Waals surface area (Å²) in [5.74, 6) is 0. The summed E-state index contributed by atoms with van der Waals surface area (Å²) in [7, 11) is -7.55. The molecular weight excluding hydrogens is 324 g/mol. The first-order valence-electron chi connectivity index (χ1n) is 6.32. The van der Waals surface area contributed by atoms with Crippen LogP contribution in [0.3, 0.4) is 0 Å². The molecule has 8 heteroatoms. The molecule has 0 unspecified atom stereocenters. The highest BCUT2D eigenvalue weighted by Gasteiger charge is 2.17. The van der Waals surface area contributed by atoms with Crippen molar-refractivity contribution in [2.45, 2.75) is 23.6 Å². The number of nitrogens with two attached hydrogens (primary N) is 1. The average Bonchev–Trinajstić information content (AvgIpc) is 2.40. The lowest BCUT2D eigenvalue weighted by molar-refractivity contribution is 0.597. The molecule has 0 radical (unpaired) electrons. The summed E-state index contributed by atoms with van der Waals surface area (Å²) in [5, 5.41) is 5.00. The Morgan fingerprint density at radius 2 is 1.50 bits per heavy atom. The quantitative estimate of drug-likeness (QED) is 0.884. The highest BCUT2D eigenvalue weighted by molar-refractivity contribution is 7.92. The lowest BCUT2D eigenvalue weighted by Gasteiger charge is -2.11. The van der Waals surface area contributed by atoms with Gasteiger partial charge in [0.1, 0.15) is 0 Å². The van der Waals surface area contributed by atoms with Gasteiger partial charge >= 0.3 is 0 Å². The molecule has 118 valence electrons. The third kappa shape index (κ3) is 3.65. The first-order valence-corrected chi connectivity index (χ1v) is 9.35. The Bertz CT molecular complexity index is 902. The van der Waals surface area contributed by atoms with E-state index in [-0.39, 0.29) is 15.5 Å². The first kappa shape index (κ1) is 16.5.